The second-order valence-corrected chi connectivity index (χ2v) is 7.76. The summed E-state index contributed by atoms with van der Waals surface area (Å²) in [6, 6.07) is 16.5. The Balaban J connectivity index is 1.88. The van der Waals surface area contributed by atoms with Gasteiger partial charge in [0.1, 0.15) is 17.1 Å². The summed E-state index contributed by atoms with van der Waals surface area (Å²) in [6.07, 6.45) is 9.67. The van der Waals surface area contributed by atoms with Gasteiger partial charge in [0.25, 0.3) is 0 Å². The third kappa shape index (κ3) is 4.82. The van der Waals surface area contributed by atoms with Crippen LogP contribution in [0.2, 0.25) is 0 Å². The molecule has 2 heteroatoms. The summed E-state index contributed by atoms with van der Waals surface area (Å²) in [5.41, 5.74) is 3.57. The molecule has 1 aliphatic carbocycles. The van der Waals surface area contributed by atoms with Gasteiger partial charge < -0.3 is 9.47 Å². The van der Waals surface area contributed by atoms with Crippen molar-refractivity contribution in [2.45, 2.75) is 45.6 Å². The molecule has 0 saturated heterocycles. The van der Waals surface area contributed by atoms with Crippen molar-refractivity contribution in [2.24, 2.45) is 5.92 Å². The van der Waals surface area contributed by atoms with Gasteiger partial charge in [0.05, 0.1) is 7.11 Å². The first-order chi connectivity index (χ1) is 13.0. The fraction of sp³-hybridized carbons (Fsp3) is 0.360. The van der Waals surface area contributed by atoms with Crippen LogP contribution in [0.1, 0.15) is 51.2 Å². The predicted octanol–water partition coefficient (Wildman–Crippen LogP) is 6.77. The second kappa shape index (κ2) is 8.47. The molecule has 0 radical (unpaired) electrons. The molecule has 1 unspecified atom stereocenters. The zero-order valence-electron chi connectivity index (χ0n) is 16.9. The predicted molar refractivity (Wildman–Crippen MR) is 114 cm³/mol. The van der Waals surface area contributed by atoms with Crippen LogP contribution >= 0.6 is 0 Å². The molecule has 2 aromatic rings. The topological polar surface area (TPSA) is 18.5 Å². The molecule has 0 spiro atoms. The summed E-state index contributed by atoms with van der Waals surface area (Å²) < 4.78 is 12.2. The minimum atomic E-state index is -0.147. The van der Waals surface area contributed by atoms with Crippen molar-refractivity contribution in [3.05, 3.63) is 71.3 Å². The maximum atomic E-state index is 6.63. The number of hydrogen-bond donors (Lipinski definition) is 0. The van der Waals surface area contributed by atoms with E-state index < -0.39 is 0 Å². The molecule has 0 N–H and O–H groups in total. The Labute approximate surface area is 163 Å². The fourth-order valence-corrected chi connectivity index (χ4v) is 3.55. The van der Waals surface area contributed by atoms with E-state index in [1.165, 1.54) is 11.1 Å². The van der Waals surface area contributed by atoms with Crippen LogP contribution in [-0.2, 0) is 0 Å². The van der Waals surface area contributed by atoms with Crippen molar-refractivity contribution in [3.8, 4) is 11.5 Å². The van der Waals surface area contributed by atoms with Gasteiger partial charge in [-0.25, -0.2) is 0 Å². The van der Waals surface area contributed by atoms with Crippen LogP contribution in [0.5, 0.6) is 11.5 Å². The minimum Gasteiger partial charge on any atom is -0.497 e. The van der Waals surface area contributed by atoms with E-state index in [0.29, 0.717) is 5.92 Å². The summed E-state index contributed by atoms with van der Waals surface area (Å²) in [5.74, 6) is 2.14. The molecule has 1 aliphatic rings. The molecule has 0 saturated carbocycles. The average Bonchev–Trinajstić information content (AvgIpc) is 2.69. The summed E-state index contributed by atoms with van der Waals surface area (Å²) in [5, 5.41) is 0. The van der Waals surface area contributed by atoms with E-state index in [1.807, 2.05) is 30.3 Å². The van der Waals surface area contributed by atoms with Gasteiger partial charge in [-0.15, -0.1) is 0 Å². The lowest BCUT2D eigenvalue weighted by Crippen LogP contribution is -2.42. The van der Waals surface area contributed by atoms with Crippen LogP contribution in [0, 0.1) is 5.92 Å². The van der Waals surface area contributed by atoms with E-state index in [2.05, 4.69) is 57.2 Å². The zero-order valence-corrected chi connectivity index (χ0v) is 16.9. The molecule has 0 amide bonds. The molecule has 0 fully saturated rings. The van der Waals surface area contributed by atoms with Crippen LogP contribution in [0.4, 0.5) is 0 Å². The van der Waals surface area contributed by atoms with Gasteiger partial charge in [-0.05, 0) is 48.9 Å². The maximum absolute atomic E-state index is 6.63. The number of ether oxygens (including phenoxy) is 2. The Kier molecular flexibility index (Phi) is 6.05. The lowest BCUT2D eigenvalue weighted by atomic mass is 9.78. The molecule has 142 valence electrons. The molecule has 2 aromatic carbocycles. The van der Waals surface area contributed by atoms with E-state index in [9.17, 15) is 0 Å². The van der Waals surface area contributed by atoms with Gasteiger partial charge in [0.2, 0.25) is 0 Å². The molecule has 1 atom stereocenters. The van der Waals surface area contributed by atoms with Gasteiger partial charge in [0.15, 0.2) is 0 Å². The number of rotatable bonds is 6. The largest absolute Gasteiger partial charge is 0.497 e. The number of methoxy groups -OCH3 is 1. The molecule has 0 aliphatic heterocycles. The fourth-order valence-electron chi connectivity index (χ4n) is 3.55. The maximum Gasteiger partial charge on any atom is 0.124 e. The van der Waals surface area contributed by atoms with Gasteiger partial charge in [-0.2, -0.15) is 0 Å². The molecular weight excluding hydrogens is 332 g/mol. The van der Waals surface area contributed by atoms with Gasteiger partial charge in [-0.3, -0.25) is 0 Å². The van der Waals surface area contributed by atoms with Gasteiger partial charge in [-0.1, -0.05) is 68.0 Å². The first-order valence-corrected chi connectivity index (χ1v) is 9.77. The third-order valence-electron chi connectivity index (χ3n) is 5.52. The highest BCUT2D eigenvalue weighted by Crippen LogP contribution is 2.39. The Morgan fingerprint density at radius 3 is 2.30 bits per heavy atom. The molecule has 2 nitrogen and oxygen atoms in total. The highest BCUT2D eigenvalue weighted by molar-refractivity contribution is 5.71. The van der Waals surface area contributed by atoms with Gasteiger partial charge in [0, 0.05) is 12.5 Å². The quantitative estimate of drug-likeness (QED) is 0.417. The van der Waals surface area contributed by atoms with Crippen molar-refractivity contribution in [1.82, 2.24) is 0 Å². The normalized spacial score (nSPS) is 20.0. The van der Waals surface area contributed by atoms with Crippen molar-refractivity contribution in [3.63, 3.8) is 0 Å². The zero-order chi connectivity index (χ0) is 19.3. The highest BCUT2D eigenvalue weighted by Gasteiger charge is 2.37. The smallest absolute Gasteiger partial charge is 0.124 e. The first kappa shape index (κ1) is 19.3. The molecule has 27 heavy (non-hydrogen) atoms. The Morgan fingerprint density at radius 2 is 1.67 bits per heavy atom. The Morgan fingerprint density at radius 1 is 0.963 bits per heavy atom. The van der Waals surface area contributed by atoms with Crippen molar-refractivity contribution < 1.29 is 9.47 Å². The summed E-state index contributed by atoms with van der Waals surface area (Å²) in [6.45, 7) is 6.72. The Bertz CT molecular complexity index is 817. The van der Waals surface area contributed by atoms with Crippen molar-refractivity contribution >= 4 is 12.2 Å². The number of benzene rings is 2. The van der Waals surface area contributed by atoms with Crippen LogP contribution in [-0.4, -0.2) is 12.7 Å². The minimum absolute atomic E-state index is 0.147. The van der Waals surface area contributed by atoms with Crippen LogP contribution in [0.3, 0.4) is 0 Å². The van der Waals surface area contributed by atoms with E-state index in [-0.39, 0.29) is 5.60 Å². The summed E-state index contributed by atoms with van der Waals surface area (Å²) >= 11 is 0. The lowest BCUT2D eigenvalue weighted by molar-refractivity contribution is 0.0119. The highest BCUT2D eigenvalue weighted by atomic mass is 16.5. The Hall–Kier alpha value is -2.48. The summed E-state index contributed by atoms with van der Waals surface area (Å²) in [4.78, 5) is 0. The van der Waals surface area contributed by atoms with Crippen molar-refractivity contribution in [1.29, 1.82) is 0 Å². The standard InChI is InChI=1S/C25H30O2/c1-19(2)25(14-12-20(3)13-15-25)27-24-17-22(16-23(18-24)26-4)11-10-21-8-6-5-7-9-21/h5-12,16-19H,13-15H2,1-4H3. The lowest BCUT2D eigenvalue weighted by Gasteiger charge is -2.40. The number of hydrogen-bond acceptors (Lipinski definition) is 2. The molecule has 0 heterocycles. The average molecular weight is 363 g/mol. The van der Waals surface area contributed by atoms with E-state index >= 15 is 0 Å². The van der Waals surface area contributed by atoms with Crippen molar-refractivity contribution in [2.75, 3.05) is 7.11 Å². The molecule has 0 aromatic heterocycles. The second-order valence-electron chi connectivity index (χ2n) is 7.76. The first-order valence-electron chi connectivity index (χ1n) is 9.77. The number of allylic oxidation sites excluding steroid dienone is 1. The SMILES string of the molecule is COc1cc(C=Cc2ccccc2)cc(OC2(C(C)C)CC=C(C)CC2)c1. The third-order valence-corrected chi connectivity index (χ3v) is 5.52. The monoisotopic (exact) mass is 362 g/mol. The van der Waals surface area contributed by atoms with Crippen LogP contribution in [0.25, 0.3) is 12.2 Å². The van der Waals surface area contributed by atoms with E-state index in [0.717, 1.165) is 36.3 Å². The molecular formula is C25H30O2. The van der Waals surface area contributed by atoms with Gasteiger partial charge >= 0.3 is 0 Å². The summed E-state index contributed by atoms with van der Waals surface area (Å²) in [7, 11) is 1.70. The van der Waals surface area contributed by atoms with E-state index in [1.54, 1.807) is 7.11 Å². The molecule has 3 rings (SSSR count). The van der Waals surface area contributed by atoms with Crippen LogP contribution in [0.15, 0.2) is 60.2 Å². The van der Waals surface area contributed by atoms with Crippen LogP contribution < -0.4 is 9.47 Å². The van der Waals surface area contributed by atoms with E-state index in [4.69, 9.17) is 9.47 Å². The molecule has 0 bridgehead atoms.